The first-order valence-electron chi connectivity index (χ1n) is 11.9. The fraction of sp³-hybridized carbons (Fsp3) is 0.538. The number of carbonyl (C=O) groups excluding carboxylic acids is 3. The summed E-state index contributed by atoms with van der Waals surface area (Å²) in [5.74, 6) is 4.73. The molecular formula is C26H34N4O5. The van der Waals surface area contributed by atoms with Gasteiger partial charge >= 0.3 is 6.09 Å². The highest BCUT2D eigenvalue weighted by Gasteiger charge is 2.32. The molecule has 0 aromatic heterocycles. The van der Waals surface area contributed by atoms with Crippen molar-refractivity contribution in [2.24, 2.45) is 5.92 Å². The number of rotatable bonds is 5. The summed E-state index contributed by atoms with van der Waals surface area (Å²) in [6.07, 6.45) is 1.73. The Labute approximate surface area is 206 Å². The highest BCUT2D eigenvalue weighted by molar-refractivity contribution is 6.17. The minimum atomic E-state index is -0.669. The third-order valence-corrected chi connectivity index (χ3v) is 5.90. The molecular weight excluding hydrogens is 448 g/mol. The molecule has 3 N–H and O–H groups in total. The van der Waals surface area contributed by atoms with E-state index in [9.17, 15) is 14.4 Å². The fourth-order valence-corrected chi connectivity index (χ4v) is 4.13. The molecule has 1 aromatic rings. The summed E-state index contributed by atoms with van der Waals surface area (Å²) in [5.41, 5.74) is 1.61. The zero-order chi connectivity index (χ0) is 25.6. The maximum atomic E-state index is 12.2. The molecule has 3 rings (SSSR count). The van der Waals surface area contributed by atoms with Crippen LogP contribution < -0.4 is 10.6 Å². The molecule has 1 aromatic carbocycles. The van der Waals surface area contributed by atoms with Crippen molar-refractivity contribution in [3.63, 3.8) is 0 Å². The van der Waals surface area contributed by atoms with E-state index in [1.165, 1.54) is 0 Å². The summed E-state index contributed by atoms with van der Waals surface area (Å²) >= 11 is 0. The van der Waals surface area contributed by atoms with Gasteiger partial charge in [0.1, 0.15) is 12.2 Å². The highest BCUT2D eigenvalue weighted by atomic mass is 16.6. The number of ether oxygens (including phenoxy) is 2. The van der Waals surface area contributed by atoms with Gasteiger partial charge in [-0.15, -0.1) is 0 Å². The summed E-state index contributed by atoms with van der Waals surface area (Å²) in [7, 11) is 1.75. The summed E-state index contributed by atoms with van der Waals surface area (Å²) in [4.78, 5) is 37.6. The monoisotopic (exact) mass is 482 g/mol. The minimum absolute atomic E-state index is 0.0267. The van der Waals surface area contributed by atoms with Gasteiger partial charge in [0.15, 0.2) is 0 Å². The van der Waals surface area contributed by atoms with Gasteiger partial charge in [-0.3, -0.25) is 14.9 Å². The Morgan fingerprint density at radius 3 is 2.57 bits per heavy atom. The van der Waals surface area contributed by atoms with Crippen molar-refractivity contribution in [2.75, 3.05) is 32.1 Å². The molecule has 0 bridgehead atoms. The van der Waals surface area contributed by atoms with Crippen molar-refractivity contribution >= 4 is 29.3 Å². The molecule has 0 spiro atoms. The highest BCUT2D eigenvalue weighted by Crippen LogP contribution is 2.26. The number of hydrogen-bond donors (Lipinski definition) is 3. The van der Waals surface area contributed by atoms with Crippen molar-refractivity contribution < 1.29 is 23.9 Å². The van der Waals surface area contributed by atoms with Gasteiger partial charge in [-0.05, 0) is 46.1 Å². The Bertz CT molecular complexity index is 1040. The number of para-hydroxylation sites is 1. The predicted molar refractivity (Wildman–Crippen MR) is 132 cm³/mol. The van der Waals surface area contributed by atoms with E-state index < -0.39 is 17.4 Å². The largest absolute Gasteiger partial charge is 0.444 e. The van der Waals surface area contributed by atoms with E-state index in [-0.39, 0.29) is 36.8 Å². The van der Waals surface area contributed by atoms with Gasteiger partial charge in [-0.25, -0.2) is 4.79 Å². The molecule has 9 nitrogen and oxygen atoms in total. The third-order valence-electron chi connectivity index (χ3n) is 5.90. The Kier molecular flexibility index (Phi) is 8.52. The van der Waals surface area contributed by atoms with Crippen LogP contribution in [0.15, 0.2) is 18.2 Å². The maximum Gasteiger partial charge on any atom is 0.410 e. The topological polar surface area (TPSA) is 121 Å². The molecule has 3 amide bonds. The van der Waals surface area contributed by atoms with Crippen LogP contribution in [0.1, 0.15) is 57.6 Å². The van der Waals surface area contributed by atoms with E-state index in [1.807, 2.05) is 26.8 Å². The van der Waals surface area contributed by atoms with Crippen LogP contribution in [0.5, 0.6) is 0 Å². The van der Waals surface area contributed by atoms with Crippen LogP contribution in [-0.4, -0.2) is 67.0 Å². The number of likely N-dealkylation sites (tertiary alicyclic amines) is 1. The molecule has 1 unspecified atom stereocenters. The van der Waals surface area contributed by atoms with Crippen LogP contribution in [0, 0.1) is 23.2 Å². The number of imide groups is 1. The number of nitrogens with zero attached hydrogens (tertiary/aromatic N) is 1. The van der Waals surface area contributed by atoms with Crippen LogP contribution in [-0.2, 0) is 19.1 Å². The number of amides is 3. The molecule has 188 valence electrons. The van der Waals surface area contributed by atoms with E-state index >= 15 is 0 Å². The first-order chi connectivity index (χ1) is 16.6. The van der Waals surface area contributed by atoms with E-state index in [2.05, 4.69) is 22.5 Å². The lowest BCUT2D eigenvalue weighted by atomic mass is 9.87. The molecule has 2 heterocycles. The van der Waals surface area contributed by atoms with Gasteiger partial charge in [-0.1, -0.05) is 24.0 Å². The Balaban J connectivity index is 1.57. The van der Waals surface area contributed by atoms with Crippen LogP contribution in [0.4, 0.5) is 10.5 Å². The Hall–Kier alpha value is -3.38. The van der Waals surface area contributed by atoms with Crippen molar-refractivity contribution in [1.29, 1.82) is 5.41 Å². The van der Waals surface area contributed by atoms with E-state index in [4.69, 9.17) is 14.9 Å². The van der Waals surface area contributed by atoms with Crippen LogP contribution >= 0.6 is 0 Å². The zero-order valence-electron chi connectivity index (χ0n) is 20.8. The Morgan fingerprint density at radius 1 is 1.23 bits per heavy atom. The molecule has 2 saturated heterocycles. The van der Waals surface area contributed by atoms with Gasteiger partial charge in [0.2, 0.25) is 11.8 Å². The second kappa shape index (κ2) is 11.4. The molecule has 2 aliphatic heterocycles. The van der Waals surface area contributed by atoms with E-state index in [0.717, 1.165) is 12.8 Å². The number of anilines is 1. The lowest BCUT2D eigenvalue weighted by Crippen LogP contribution is -2.44. The van der Waals surface area contributed by atoms with E-state index in [1.54, 1.807) is 24.1 Å². The third kappa shape index (κ3) is 7.06. The molecule has 2 fully saturated rings. The summed E-state index contributed by atoms with van der Waals surface area (Å²) in [6, 6.07) is 5.42. The van der Waals surface area contributed by atoms with Crippen molar-refractivity contribution in [3.05, 3.63) is 29.3 Å². The molecule has 2 aliphatic rings. The van der Waals surface area contributed by atoms with Crippen molar-refractivity contribution in [2.45, 2.75) is 58.2 Å². The second-order valence-corrected chi connectivity index (χ2v) is 9.68. The quantitative estimate of drug-likeness (QED) is 0.337. The van der Waals surface area contributed by atoms with Crippen LogP contribution in [0.25, 0.3) is 0 Å². The fourth-order valence-electron chi connectivity index (χ4n) is 4.13. The van der Waals surface area contributed by atoms with Crippen LogP contribution in [0.3, 0.4) is 0 Å². The average Bonchev–Trinajstić information content (AvgIpc) is 2.80. The number of benzene rings is 1. The molecule has 0 aliphatic carbocycles. The van der Waals surface area contributed by atoms with Gasteiger partial charge in [0.05, 0.1) is 23.4 Å². The lowest BCUT2D eigenvalue weighted by molar-refractivity contribution is -0.134. The normalized spacial score (nSPS) is 18.9. The second-order valence-electron chi connectivity index (χ2n) is 9.68. The number of carbonyl (C=O) groups is 3. The molecule has 9 heteroatoms. The zero-order valence-corrected chi connectivity index (χ0v) is 20.8. The van der Waals surface area contributed by atoms with Gasteiger partial charge in [0.25, 0.3) is 0 Å². The van der Waals surface area contributed by atoms with Gasteiger partial charge in [0, 0.05) is 37.7 Å². The first kappa shape index (κ1) is 26.2. The summed E-state index contributed by atoms with van der Waals surface area (Å²) in [6.45, 7) is 6.98. The SMILES string of the molecule is CNc1c(C#CCOC2CCN(C(=O)OC(C)(C)C)CC2)cccc1C(=N)C1CCC(=O)NC1=O. The molecule has 35 heavy (non-hydrogen) atoms. The number of hydrogen-bond acceptors (Lipinski definition) is 7. The maximum absolute atomic E-state index is 12.2. The van der Waals surface area contributed by atoms with E-state index in [0.29, 0.717) is 36.3 Å². The molecule has 0 radical (unpaired) electrons. The summed E-state index contributed by atoms with van der Waals surface area (Å²) in [5, 5.41) is 14.0. The first-order valence-corrected chi connectivity index (χ1v) is 11.9. The average molecular weight is 483 g/mol. The standard InChI is InChI=1S/C26H34N4O5/c1-26(2,3)35-25(33)30-14-12-18(13-15-30)34-16-6-8-17-7-5-9-19(23(17)28-4)22(27)20-10-11-21(31)29-24(20)32/h5,7,9,18,20,27-28H,10-16H2,1-4H3,(H,29,31,32). The van der Waals surface area contributed by atoms with Crippen molar-refractivity contribution in [1.82, 2.24) is 10.2 Å². The minimum Gasteiger partial charge on any atom is -0.444 e. The smallest absolute Gasteiger partial charge is 0.410 e. The molecule has 1 atom stereocenters. The lowest BCUT2D eigenvalue weighted by Gasteiger charge is -2.33. The Morgan fingerprint density at radius 2 is 1.94 bits per heavy atom. The number of piperidine rings is 2. The van der Waals surface area contributed by atoms with Crippen LogP contribution in [0.2, 0.25) is 0 Å². The molecule has 0 saturated carbocycles. The van der Waals surface area contributed by atoms with Gasteiger partial charge < -0.3 is 25.1 Å². The van der Waals surface area contributed by atoms with Crippen molar-refractivity contribution in [3.8, 4) is 11.8 Å². The predicted octanol–water partition coefficient (Wildman–Crippen LogP) is 2.92. The summed E-state index contributed by atoms with van der Waals surface area (Å²) < 4.78 is 11.3. The van der Waals surface area contributed by atoms with Gasteiger partial charge in [-0.2, -0.15) is 0 Å². The number of nitrogens with one attached hydrogen (secondary N) is 3.